The molecule has 1 amide bonds. The van der Waals surface area contributed by atoms with Crippen LogP contribution in [0.4, 0.5) is 0 Å². The summed E-state index contributed by atoms with van der Waals surface area (Å²) < 4.78 is 0. The van der Waals surface area contributed by atoms with Crippen LogP contribution in [0.2, 0.25) is 0 Å². The number of carbonyl (C=O) groups is 2. The van der Waals surface area contributed by atoms with E-state index in [0.29, 0.717) is 11.5 Å². The number of carbonyl (C=O) groups excluding carboxylic acids is 2. The van der Waals surface area contributed by atoms with E-state index in [1.54, 1.807) is 4.90 Å². The highest BCUT2D eigenvalue weighted by atomic mass is 16.3. The normalized spacial score (nSPS) is 22.9. The van der Waals surface area contributed by atoms with E-state index in [1.165, 1.54) is 23.1 Å². The molecular formula is C29H33NO3. The SMILES string of the molecule is CC(C)c1ccc(C2/C(=C(/O)c3ccc4c(c3)CCCC4)C(=O)C(=O)N2C2CCCC2)cc1. The molecule has 1 unspecified atom stereocenters. The number of rotatable bonds is 4. The zero-order valence-corrected chi connectivity index (χ0v) is 19.6. The Balaban J connectivity index is 1.63. The molecule has 4 nitrogen and oxygen atoms in total. The first-order valence-electron chi connectivity index (χ1n) is 12.5. The Hall–Kier alpha value is -2.88. The average Bonchev–Trinajstić information content (AvgIpc) is 3.45. The fraction of sp³-hybridized carbons (Fsp3) is 0.448. The highest BCUT2D eigenvalue weighted by Gasteiger charge is 2.49. The van der Waals surface area contributed by atoms with E-state index < -0.39 is 17.7 Å². The number of fused-ring (bicyclic) bond motifs is 1. The fourth-order valence-corrected chi connectivity index (χ4v) is 5.84. The van der Waals surface area contributed by atoms with Crippen molar-refractivity contribution in [2.24, 2.45) is 0 Å². The lowest BCUT2D eigenvalue weighted by Crippen LogP contribution is -2.37. The largest absolute Gasteiger partial charge is 0.507 e. The van der Waals surface area contributed by atoms with Gasteiger partial charge in [-0.3, -0.25) is 9.59 Å². The van der Waals surface area contributed by atoms with Gasteiger partial charge in [-0.1, -0.05) is 63.1 Å². The van der Waals surface area contributed by atoms with Gasteiger partial charge in [0.05, 0.1) is 11.6 Å². The lowest BCUT2D eigenvalue weighted by Gasteiger charge is -2.31. The molecule has 1 saturated heterocycles. The van der Waals surface area contributed by atoms with E-state index in [9.17, 15) is 14.7 Å². The van der Waals surface area contributed by atoms with Gasteiger partial charge in [0.1, 0.15) is 5.76 Å². The van der Waals surface area contributed by atoms with Gasteiger partial charge in [-0.2, -0.15) is 0 Å². The minimum Gasteiger partial charge on any atom is -0.507 e. The van der Waals surface area contributed by atoms with Gasteiger partial charge >= 0.3 is 0 Å². The number of aliphatic hydroxyl groups excluding tert-OH is 1. The van der Waals surface area contributed by atoms with Gasteiger partial charge in [0.25, 0.3) is 11.7 Å². The molecule has 2 aliphatic carbocycles. The second-order valence-corrected chi connectivity index (χ2v) is 10.2. The molecule has 5 rings (SSSR count). The monoisotopic (exact) mass is 443 g/mol. The molecule has 0 aromatic heterocycles. The van der Waals surface area contributed by atoms with Crippen molar-refractivity contribution in [1.82, 2.24) is 4.90 Å². The summed E-state index contributed by atoms with van der Waals surface area (Å²) in [6, 6.07) is 13.7. The summed E-state index contributed by atoms with van der Waals surface area (Å²) in [6.07, 6.45) is 8.34. The van der Waals surface area contributed by atoms with Gasteiger partial charge in [0, 0.05) is 11.6 Å². The molecular weight excluding hydrogens is 410 g/mol. The number of likely N-dealkylation sites (tertiary alicyclic amines) is 1. The van der Waals surface area contributed by atoms with E-state index >= 15 is 0 Å². The van der Waals surface area contributed by atoms with Crippen LogP contribution in [-0.4, -0.2) is 27.7 Å². The summed E-state index contributed by atoms with van der Waals surface area (Å²) in [5.41, 5.74) is 5.55. The molecule has 1 saturated carbocycles. The third-order valence-electron chi connectivity index (χ3n) is 7.74. The van der Waals surface area contributed by atoms with E-state index in [-0.39, 0.29) is 17.4 Å². The van der Waals surface area contributed by atoms with Crippen molar-refractivity contribution >= 4 is 17.4 Å². The van der Waals surface area contributed by atoms with Crippen LogP contribution in [0.1, 0.15) is 92.1 Å². The number of ketones is 1. The van der Waals surface area contributed by atoms with Gasteiger partial charge in [-0.15, -0.1) is 0 Å². The van der Waals surface area contributed by atoms with E-state index in [4.69, 9.17) is 0 Å². The zero-order chi connectivity index (χ0) is 23.1. The number of amides is 1. The van der Waals surface area contributed by atoms with E-state index in [2.05, 4.69) is 32.0 Å². The topological polar surface area (TPSA) is 57.6 Å². The second-order valence-electron chi connectivity index (χ2n) is 10.2. The maximum absolute atomic E-state index is 13.3. The minimum atomic E-state index is -0.560. The molecule has 1 aliphatic heterocycles. The third-order valence-corrected chi connectivity index (χ3v) is 7.74. The van der Waals surface area contributed by atoms with Crippen LogP contribution in [0, 0.1) is 0 Å². The average molecular weight is 444 g/mol. The Labute approximate surface area is 196 Å². The maximum atomic E-state index is 13.3. The molecule has 2 aromatic rings. The molecule has 0 bridgehead atoms. The number of aryl methyl sites for hydroxylation is 2. The molecule has 0 radical (unpaired) electrons. The number of Topliss-reactive ketones (excluding diaryl/α,β-unsaturated/α-hetero) is 1. The lowest BCUT2D eigenvalue weighted by molar-refractivity contribution is -0.141. The van der Waals surface area contributed by atoms with Crippen molar-refractivity contribution in [3.8, 4) is 0 Å². The Morgan fingerprint density at radius 2 is 1.58 bits per heavy atom. The standard InChI is InChI=1S/C29H33NO3/c1-18(2)19-11-14-21(15-12-19)26-25(28(32)29(33)30(26)24-9-5-6-10-24)27(31)23-16-13-20-7-3-4-8-22(20)17-23/h11-18,24,26,31H,3-10H2,1-2H3/b27-25-. The highest BCUT2D eigenvalue weighted by molar-refractivity contribution is 6.46. The maximum Gasteiger partial charge on any atom is 0.295 e. The first-order valence-corrected chi connectivity index (χ1v) is 12.5. The highest BCUT2D eigenvalue weighted by Crippen LogP contribution is 2.43. The van der Waals surface area contributed by atoms with Gasteiger partial charge in [0.15, 0.2) is 0 Å². The Morgan fingerprint density at radius 3 is 2.24 bits per heavy atom. The number of hydrogen-bond acceptors (Lipinski definition) is 3. The van der Waals surface area contributed by atoms with Crippen molar-refractivity contribution in [3.63, 3.8) is 0 Å². The Morgan fingerprint density at radius 1 is 0.909 bits per heavy atom. The Kier molecular flexibility index (Phi) is 5.86. The molecule has 33 heavy (non-hydrogen) atoms. The first-order chi connectivity index (χ1) is 16.0. The van der Waals surface area contributed by atoms with E-state index in [0.717, 1.165) is 50.5 Å². The van der Waals surface area contributed by atoms with Crippen LogP contribution < -0.4 is 0 Å². The lowest BCUT2D eigenvalue weighted by atomic mass is 9.88. The first kappa shape index (κ1) is 21.9. The molecule has 3 aliphatic rings. The zero-order valence-electron chi connectivity index (χ0n) is 19.6. The van der Waals surface area contributed by atoms with Crippen LogP contribution in [0.5, 0.6) is 0 Å². The van der Waals surface area contributed by atoms with Crippen LogP contribution in [0.15, 0.2) is 48.0 Å². The molecule has 2 aromatic carbocycles. The molecule has 4 heteroatoms. The molecule has 2 fully saturated rings. The minimum absolute atomic E-state index is 0.0415. The predicted molar refractivity (Wildman–Crippen MR) is 130 cm³/mol. The van der Waals surface area contributed by atoms with Gasteiger partial charge in [-0.25, -0.2) is 0 Å². The summed E-state index contributed by atoms with van der Waals surface area (Å²) in [4.78, 5) is 28.4. The van der Waals surface area contributed by atoms with Gasteiger partial charge < -0.3 is 10.0 Å². The number of benzene rings is 2. The molecule has 172 valence electrons. The molecule has 1 heterocycles. The molecule has 0 spiro atoms. The number of hydrogen-bond donors (Lipinski definition) is 1. The quantitative estimate of drug-likeness (QED) is 0.355. The smallest absolute Gasteiger partial charge is 0.295 e. The number of nitrogens with zero attached hydrogens (tertiary/aromatic N) is 1. The predicted octanol–water partition coefficient (Wildman–Crippen LogP) is 6.05. The molecule has 1 atom stereocenters. The second kappa shape index (κ2) is 8.81. The van der Waals surface area contributed by atoms with Gasteiger partial charge in [0.2, 0.25) is 0 Å². The van der Waals surface area contributed by atoms with Crippen molar-refractivity contribution in [1.29, 1.82) is 0 Å². The van der Waals surface area contributed by atoms with Crippen molar-refractivity contribution in [3.05, 3.63) is 75.9 Å². The summed E-state index contributed by atoms with van der Waals surface area (Å²) in [5, 5.41) is 11.4. The summed E-state index contributed by atoms with van der Waals surface area (Å²) in [5.74, 6) is -0.676. The van der Waals surface area contributed by atoms with Crippen LogP contribution >= 0.6 is 0 Å². The molecule has 1 N–H and O–H groups in total. The van der Waals surface area contributed by atoms with Crippen molar-refractivity contribution < 1.29 is 14.7 Å². The van der Waals surface area contributed by atoms with Crippen LogP contribution in [0.3, 0.4) is 0 Å². The van der Waals surface area contributed by atoms with Crippen LogP contribution in [-0.2, 0) is 22.4 Å². The Bertz CT molecular complexity index is 1110. The third kappa shape index (κ3) is 3.90. The summed E-state index contributed by atoms with van der Waals surface area (Å²) >= 11 is 0. The van der Waals surface area contributed by atoms with Gasteiger partial charge in [-0.05, 0) is 72.8 Å². The number of aliphatic hydroxyl groups is 1. The van der Waals surface area contributed by atoms with Crippen molar-refractivity contribution in [2.75, 3.05) is 0 Å². The van der Waals surface area contributed by atoms with Crippen molar-refractivity contribution in [2.45, 2.75) is 83.2 Å². The summed E-state index contributed by atoms with van der Waals surface area (Å²) in [7, 11) is 0. The fourth-order valence-electron chi connectivity index (χ4n) is 5.84. The van der Waals surface area contributed by atoms with Crippen LogP contribution in [0.25, 0.3) is 5.76 Å². The summed E-state index contributed by atoms with van der Waals surface area (Å²) in [6.45, 7) is 4.30. The van der Waals surface area contributed by atoms with E-state index in [1.807, 2.05) is 24.3 Å².